The normalized spacial score (nSPS) is 19.8. The van der Waals surface area contributed by atoms with Gasteiger partial charge in [-0.2, -0.15) is 0 Å². The fourth-order valence-corrected chi connectivity index (χ4v) is 4.37. The van der Waals surface area contributed by atoms with Gasteiger partial charge in [0.1, 0.15) is 17.3 Å². The highest BCUT2D eigenvalue weighted by Gasteiger charge is 2.30. The topological polar surface area (TPSA) is 94.2 Å². The van der Waals surface area contributed by atoms with Gasteiger partial charge in [-0.25, -0.2) is 0 Å². The third-order valence-electron chi connectivity index (χ3n) is 5.84. The lowest BCUT2D eigenvalue weighted by Gasteiger charge is -2.33. The molecule has 4 rings (SSSR count). The van der Waals surface area contributed by atoms with Crippen LogP contribution in [0.4, 0.5) is 11.4 Å². The first-order chi connectivity index (χ1) is 13.5. The summed E-state index contributed by atoms with van der Waals surface area (Å²) >= 11 is 0. The van der Waals surface area contributed by atoms with E-state index in [4.69, 9.17) is 0 Å². The van der Waals surface area contributed by atoms with Crippen molar-refractivity contribution in [1.29, 1.82) is 0 Å². The van der Waals surface area contributed by atoms with Crippen LogP contribution in [0.3, 0.4) is 0 Å². The largest absolute Gasteiger partial charge is 0.365 e. The van der Waals surface area contributed by atoms with E-state index in [0.717, 1.165) is 56.8 Å². The van der Waals surface area contributed by atoms with Gasteiger partial charge in [0.05, 0.1) is 4.92 Å². The first-order valence-electron chi connectivity index (χ1n) is 10.0. The average molecular weight is 383 g/mol. The summed E-state index contributed by atoms with van der Waals surface area (Å²) in [4.78, 5) is 24.9. The smallest absolute Gasteiger partial charge is 0.293 e. The Bertz CT molecular complexity index is 907. The number of fused-ring (bicyclic) bond motifs is 1. The maximum Gasteiger partial charge on any atom is 0.293 e. The van der Waals surface area contributed by atoms with Crippen LogP contribution < -0.4 is 4.90 Å². The molecule has 1 aromatic carbocycles. The number of piperidine rings is 1. The quantitative estimate of drug-likeness (QED) is 0.456. The Morgan fingerprint density at radius 1 is 1.18 bits per heavy atom. The van der Waals surface area contributed by atoms with Crippen LogP contribution in [0.15, 0.2) is 18.2 Å². The Morgan fingerprint density at radius 3 is 2.82 bits per heavy atom. The highest BCUT2D eigenvalue weighted by Crippen LogP contribution is 2.35. The number of nitro benzene ring substituents is 1. The number of aryl methyl sites for hydroxylation is 1. The molecule has 0 bridgehead atoms. The molecule has 3 heterocycles. The number of Topliss-reactive ketones (excluding diaryl/α,β-unsaturated/α-hetero) is 1. The van der Waals surface area contributed by atoms with Crippen LogP contribution >= 0.6 is 0 Å². The van der Waals surface area contributed by atoms with Crippen LogP contribution in [0.5, 0.6) is 0 Å². The number of hydrogen-bond donors (Lipinski definition) is 0. The molecule has 0 amide bonds. The molecular weight excluding hydrogens is 358 g/mol. The van der Waals surface area contributed by atoms with E-state index >= 15 is 0 Å². The summed E-state index contributed by atoms with van der Waals surface area (Å²) in [5.74, 6) is 2.13. The molecule has 2 aliphatic heterocycles. The van der Waals surface area contributed by atoms with E-state index in [1.807, 2.05) is 0 Å². The van der Waals surface area contributed by atoms with Gasteiger partial charge in [0.25, 0.3) is 5.69 Å². The Labute approximate surface area is 163 Å². The molecule has 8 heteroatoms. The zero-order chi connectivity index (χ0) is 19.7. The molecule has 148 valence electrons. The van der Waals surface area contributed by atoms with Crippen molar-refractivity contribution in [2.24, 2.45) is 0 Å². The number of carbonyl (C=O) groups is 1. The van der Waals surface area contributed by atoms with Crippen molar-refractivity contribution in [3.05, 3.63) is 45.5 Å². The summed E-state index contributed by atoms with van der Waals surface area (Å²) < 4.78 is 2.27. The van der Waals surface area contributed by atoms with Crippen LogP contribution in [0.1, 0.15) is 67.0 Å². The summed E-state index contributed by atoms with van der Waals surface area (Å²) in [6.45, 7) is 3.82. The second kappa shape index (κ2) is 7.69. The molecular formula is C20H25N5O3. The van der Waals surface area contributed by atoms with Crippen LogP contribution in [0.25, 0.3) is 0 Å². The lowest BCUT2D eigenvalue weighted by Crippen LogP contribution is -2.36. The van der Waals surface area contributed by atoms with Crippen LogP contribution in [-0.4, -0.2) is 38.6 Å². The zero-order valence-corrected chi connectivity index (χ0v) is 16.1. The molecule has 0 saturated carbocycles. The number of rotatable bonds is 4. The molecule has 1 unspecified atom stereocenters. The zero-order valence-electron chi connectivity index (χ0n) is 16.1. The average Bonchev–Trinajstić information content (AvgIpc) is 2.96. The molecule has 1 saturated heterocycles. The maximum absolute atomic E-state index is 11.6. The molecule has 1 aromatic heterocycles. The first kappa shape index (κ1) is 18.6. The minimum Gasteiger partial charge on any atom is -0.365 e. The van der Waals surface area contributed by atoms with Crippen molar-refractivity contribution in [2.45, 2.75) is 57.9 Å². The van der Waals surface area contributed by atoms with Gasteiger partial charge in [-0.05, 0) is 44.7 Å². The molecule has 2 aromatic rings. The molecule has 1 atom stereocenters. The Hall–Kier alpha value is -2.77. The van der Waals surface area contributed by atoms with Crippen molar-refractivity contribution >= 4 is 17.2 Å². The van der Waals surface area contributed by atoms with E-state index in [1.165, 1.54) is 19.4 Å². The third kappa shape index (κ3) is 3.50. The number of nitrogens with zero attached hydrogens (tertiary/aromatic N) is 5. The van der Waals surface area contributed by atoms with Crippen molar-refractivity contribution < 1.29 is 9.72 Å². The van der Waals surface area contributed by atoms with Crippen LogP contribution in [0.2, 0.25) is 0 Å². The number of carbonyl (C=O) groups excluding carboxylic acids is 1. The van der Waals surface area contributed by atoms with E-state index < -0.39 is 4.92 Å². The van der Waals surface area contributed by atoms with Gasteiger partial charge in [-0.1, -0.05) is 6.42 Å². The molecule has 0 spiro atoms. The Kier molecular flexibility index (Phi) is 5.11. The van der Waals surface area contributed by atoms with E-state index in [9.17, 15) is 14.9 Å². The lowest BCUT2D eigenvalue weighted by molar-refractivity contribution is -0.384. The lowest BCUT2D eigenvalue weighted by atomic mass is 9.96. The minimum absolute atomic E-state index is 0.00609. The third-order valence-corrected chi connectivity index (χ3v) is 5.84. The highest BCUT2D eigenvalue weighted by atomic mass is 16.6. The molecule has 0 N–H and O–H groups in total. The fourth-order valence-electron chi connectivity index (χ4n) is 4.37. The van der Waals surface area contributed by atoms with E-state index in [2.05, 4.69) is 19.7 Å². The second-order valence-corrected chi connectivity index (χ2v) is 7.74. The molecule has 0 aliphatic carbocycles. The van der Waals surface area contributed by atoms with Crippen molar-refractivity contribution in [1.82, 2.24) is 14.8 Å². The first-order valence-corrected chi connectivity index (χ1v) is 10.0. The molecule has 1 fully saturated rings. The predicted octanol–water partition coefficient (Wildman–Crippen LogP) is 3.50. The second-order valence-electron chi connectivity index (χ2n) is 7.74. The molecule has 8 nitrogen and oxygen atoms in total. The summed E-state index contributed by atoms with van der Waals surface area (Å²) in [7, 11) is 0. The van der Waals surface area contributed by atoms with Gasteiger partial charge in [0.15, 0.2) is 5.78 Å². The van der Waals surface area contributed by atoms with Crippen molar-refractivity contribution in [3.63, 3.8) is 0 Å². The maximum atomic E-state index is 11.6. The van der Waals surface area contributed by atoms with E-state index in [-0.39, 0.29) is 17.4 Å². The summed E-state index contributed by atoms with van der Waals surface area (Å²) in [6.07, 6.45) is 6.44. The summed E-state index contributed by atoms with van der Waals surface area (Å²) in [5, 5.41) is 20.5. The monoisotopic (exact) mass is 383 g/mol. The van der Waals surface area contributed by atoms with Crippen LogP contribution in [-0.2, 0) is 13.0 Å². The van der Waals surface area contributed by atoms with Crippen LogP contribution in [0, 0.1) is 10.1 Å². The standard InChI is InChI=1S/C20H25N5O3/c1-14(26)15-8-9-17(18(12-15)25(27)28)23-10-5-6-16(13-23)20-22-21-19-7-3-2-4-11-24(19)20/h8-9,12,16H,2-7,10-11,13H2,1H3. The molecule has 2 aliphatic rings. The molecule has 0 radical (unpaired) electrons. The van der Waals surface area contributed by atoms with Crippen molar-refractivity contribution in [3.8, 4) is 0 Å². The van der Waals surface area contributed by atoms with Gasteiger partial charge >= 0.3 is 0 Å². The number of benzene rings is 1. The van der Waals surface area contributed by atoms with Gasteiger partial charge in [-0.15, -0.1) is 10.2 Å². The fraction of sp³-hybridized carbons (Fsp3) is 0.550. The minimum atomic E-state index is -0.394. The highest BCUT2D eigenvalue weighted by molar-refractivity contribution is 5.95. The summed E-state index contributed by atoms with van der Waals surface area (Å²) in [5.41, 5.74) is 0.940. The molecule has 28 heavy (non-hydrogen) atoms. The van der Waals surface area contributed by atoms with Gasteiger partial charge in [0, 0.05) is 43.6 Å². The number of hydrogen-bond acceptors (Lipinski definition) is 6. The van der Waals surface area contributed by atoms with Gasteiger partial charge in [0.2, 0.25) is 0 Å². The summed E-state index contributed by atoms with van der Waals surface area (Å²) in [6, 6.07) is 4.78. The van der Waals surface area contributed by atoms with Gasteiger partial charge in [-0.3, -0.25) is 14.9 Å². The number of anilines is 1. The van der Waals surface area contributed by atoms with Crippen molar-refractivity contribution in [2.75, 3.05) is 18.0 Å². The number of ketones is 1. The predicted molar refractivity (Wildman–Crippen MR) is 105 cm³/mol. The number of aromatic nitrogens is 3. The van der Waals surface area contributed by atoms with Gasteiger partial charge < -0.3 is 9.47 Å². The van der Waals surface area contributed by atoms with E-state index in [1.54, 1.807) is 12.1 Å². The van der Waals surface area contributed by atoms with E-state index in [0.29, 0.717) is 17.8 Å². The Morgan fingerprint density at radius 2 is 2.04 bits per heavy atom. The number of nitro groups is 1. The Balaban J connectivity index is 1.62. The SMILES string of the molecule is CC(=O)c1ccc(N2CCCC(c3nnc4n3CCCCC4)C2)c([N+](=O)[O-])c1.